The number of nitro groups is 1. The van der Waals surface area contributed by atoms with Crippen molar-refractivity contribution in [1.29, 1.82) is 5.26 Å². The van der Waals surface area contributed by atoms with Crippen molar-refractivity contribution in [3.8, 4) is 6.07 Å². The van der Waals surface area contributed by atoms with Gasteiger partial charge in [-0.05, 0) is 42.5 Å². The maximum Gasteiger partial charge on any atom is 0.288 e. The second-order valence-corrected chi connectivity index (χ2v) is 6.29. The lowest BCUT2D eigenvalue weighted by Gasteiger charge is -2.05. The Kier molecular flexibility index (Phi) is 7.42. The molecule has 9 heteroatoms. The Labute approximate surface area is 163 Å². The number of anilines is 1. The van der Waals surface area contributed by atoms with Gasteiger partial charge in [0.1, 0.15) is 11.6 Å². The molecular weight excluding hydrogens is 388 g/mol. The first-order valence-corrected chi connectivity index (χ1v) is 8.67. The molecule has 0 bridgehead atoms. The van der Waals surface area contributed by atoms with Crippen LogP contribution in [-0.4, -0.2) is 16.6 Å². The number of nitriles is 1. The molecule has 28 heavy (non-hydrogen) atoms. The quantitative estimate of drug-likeness (QED) is 0.176. The normalized spacial score (nSPS) is 11.4. The number of benzene rings is 2. The second kappa shape index (κ2) is 9.99. The van der Waals surface area contributed by atoms with Gasteiger partial charge >= 0.3 is 0 Å². The standard InChI is InChI=1S/C19H13F2N3O3S/c20-19(21)28-16-10-8-15(9-11-16)23-18(25)14(12-22)6-3-5-13-4-1-2-7-17(13)24(26)27/h1-11,19H,(H,23,25)/b5-3+,14-6+. The van der Waals surface area contributed by atoms with Gasteiger partial charge in [-0.2, -0.15) is 14.0 Å². The smallest absolute Gasteiger partial charge is 0.288 e. The van der Waals surface area contributed by atoms with E-state index in [4.69, 9.17) is 5.26 Å². The van der Waals surface area contributed by atoms with Crippen LogP contribution in [0.4, 0.5) is 20.2 Å². The van der Waals surface area contributed by atoms with E-state index in [9.17, 15) is 23.7 Å². The molecule has 6 nitrogen and oxygen atoms in total. The highest BCUT2D eigenvalue weighted by molar-refractivity contribution is 7.99. The SMILES string of the molecule is N#C/C(=C\C=C\c1ccccc1[N+](=O)[O-])C(=O)Nc1ccc(SC(F)F)cc1. The minimum Gasteiger partial charge on any atom is -0.321 e. The average Bonchev–Trinajstić information content (AvgIpc) is 2.66. The number of hydrogen-bond acceptors (Lipinski definition) is 5. The predicted molar refractivity (Wildman–Crippen MR) is 103 cm³/mol. The molecule has 0 fully saturated rings. The number of carbonyl (C=O) groups is 1. The zero-order valence-corrected chi connectivity index (χ0v) is 15.0. The van der Waals surface area contributed by atoms with Crippen LogP contribution in [0.5, 0.6) is 0 Å². The minimum atomic E-state index is -2.54. The molecular formula is C19H13F2N3O3S. The molecule has 1 N–H and O–H groups in total. The van der Waals surface area contributed by atoms with E-state index >= 15 is 0 Å². The fourth-order valence-corrected chi connectivity index (χ4v) is 2.62. The molecule has 0 unspecified atom stereocenters. The Bertz CT molecular complexity index is 967. The van der Waals surface area contributed by atoms with Crippen molar-refractivity contribution in [2.45, 2.75) is 10.7 Å². The molecule has 0 aromatic heterocycles. The van der Waals surface area contributed by atoms with Gasteiger partial charge in [-0.3, -0.25) is 14.9 Å². The number of carbonyl (C=O) groups excluding carboxylic acids is 1. The molecule has 2 rings (SSSR count). The zero-order valence-electron chi connectivity index (χ0n) is 14.2. The Hall–Kier alpha value is -3.51. The number of nitrogens with zero attached hydrogens (tertiary/aromatic N) is 2. The second-order valence-electron chi connectivity index (χ2n) is 5.22. The topological polar surface area (TPSA) is 96.0 Å². The van der Waals surface area contributed by atoms with Gasteiger partial charge in [0.05, 0.1) is 10.5 Å². The molecule has 2 aromatic carbocycles. The van der Waals surface area contributed by atoms with E-state index in [0.717, 1.165) is 0 Å². The lowest BCUT2D eigenvalue weighted by molar-refractivity contribution is -0.385. The van der Waals surface area contributed by atoms with Gasteiger partial charge < -0.3 is 5.32 Å². The molecule has 2 aromatic rings. The lowest BCUT2D eigenvalue weighted by atomic mass is 10.1. The molecule has 1 amide bonds. The number of nitrogens with one attached hydrogen (secondary N) is 1. The summed E-state index contributed by atoms with van der Waals surface area (Å²) in [6.07, 6.45) is 4.01. The monoisotopic (exact) mass is 401 g/mol. The summed E-state index contributed by atoms with van der Waals surface area (Å²) < 4.78 is 24.6. The molecule has 0 heterocycles. The van der Waals surface area contributed by atoms with Crippen molar-refractivity contribution in [2.24, 2.45) is 0 Å². The molecule has 0 aliphatic rings. The number of nitro benzene ring substituents is 1. The molecule has 0 spiro atoms. The van der Waals surface area contributed by atoms with Crippen molar-refractivity contribution in [3.05, 3.63) is 81.9 Å². The van der Waals surface area contributed by atoms with Crippen LogP contribution in [0.15, 0.2) is 71.2 Å². The van der Waals surface area contributed by atoms with E-state index in [2.05, 4.69) is 5.32 Å². The lowest BCUT2D eigenvalue weighted by Crippen LogP contribution is -2.13. The van der Waals surface area contributed by atoms with E-state index < -0.39 is 16.6 Å². The van der Waals surface area contributed by atoms with Gasteiger partial charge in [0.2, 0.25) is 0 Å². The molecule has 0 radical (unpaired) electrons. The first-order chi connectivity index (χ1) is 13.4. The molecule has 0 saturated heterocycles. The van der Waals surface area contributed by atoms with Crippen LogP contribution >= 0.6 is 11.8 Å². The predicted octanol–water partition coefficient (Wildman–Crippen LogP) is 5.01. The summed E-state index contributed by atoms with van der Waals surface area (Å²) >= 11 is 0.382. The Morgan fingerprint density at radius 2 is 1.89 bits per heavy atom. The van der Waals surface area contributed by atoms with E-state index in [1.165, 1.54) is 60.7 Å². The molecule has 0 atom stereocenters. The van der Waals surface area contributed by atoms with Crippen molar-refractivity contribution in [3.63, 3.8) is 0 Å². The van der Waals surface area contributed by atoms with Crippen LogP contribution in [0.1, 0.15) is 5.56 Å². The Morgan fingerprint density at radius 3 is 2.50 bits per heavy atom. The van der Waals surface area contributed by atoms with Gasteiger partial charge in [-0.15, -0.1) is 0 Å². The fraction of sp³-hybridized carbons (Fsp3) is 0.0526. The summed E-state index contributed by atoms with van der Waals surface area (Å²) in [7, 11) is 0. The van der Waals surface area contributed by atoms with Crippen LogP contribution in [0.2, 0.25) is 0 Å². The van der Waals surface area contributed by atoms with Crippen LogP contribution in [-0.2, 0) is 4.79 Å². The van der Waals surface area contributed by atoms with Crippen LogP contribution in [0.25, 0.3) is 6.08 Å². The third-order valence-corrected chi connectivity index (χ3v) is 4.10. The van der Waals surface area contributed by atoms with Crippen molar-refractivity contribution in [2.75, 3.05) is 5.32 Å². The zero-order chi connectivity index (χ0) is 20.5. The first kappa shape index (κ1) is 20.8. The number of rotatable bonds is 7. The summed E-state index contributed by atoms with van der Waals surface area (Å²) in [5.41, 5.74) is 0.346. The number of amides is 1. The first-order valence-electron chi connectivity index (χ1n) is 7.79. The van der Waals surface area contributed by atoms with E-state index in [1.807, 2.05) is 0 Å². The van der Waals surface area contributed by atoms with Gasteiger partial charge in [0.15, 0.2) is 0 Å². The van der Waals surface area contributed by atoms with Crippen LogP contribution in [0, 0.1) is 21.4 Å². The van der Waals surface area contributed by atoms with E-state index in [0.29, 0.717) is 27.9 Å². The minimum absolute atomic E-state index is 0.100. The van der Waals surface area contributed by atoms with E-state index in [-0.39, 0.29) is 11.3 Å². The summed E-state index contributed by atoms with van der Waals surface area (Å²) in [5, 5.41) is 22.6. The Balaban J connectivity index is 2.09. The summed E-state index contributed by atoms with van der Waals surface area (Å²) in [6, 6.07) is 13.5. The van der Waals surface area contributed by atoms with Gasteiger partial charge in [0, 0.05) is 16.6 Å². The number of halogens is 2. The number of alkyl halides is 2. The number of thioether (sulfide) groups is 1. The third-order valence-electron chi connectivity index (χ3n) is 3.37. The fourth-order valence-electron chi connectivity index (χ4n) is 2.12. The van der Waals surface area contributed by atoms with E-state index in [1.54, 1.807) is 12.1 Å². The highest BCUT2D eigenvalue weighted by Crippen LogP contribution is 2.26. The molecule has 0 aliphatic carbocycles. The van der Waals surface area contributed by atoms with Crippen molar-refractivity contribution in [1.82, 2.24) is 0 Å². The number of allylic oxidation sites excluding steroid dienone is 2. The highest BCUT2D eigenvalue weighted by Gasteiger charge is 2.11. The summed E-state index contributed by atoms with van der Waals surface area (Å²) in [6.45, 7) is 0. The van der Waals surface area contributed by atoms with Crippen molar-refractivity contribution >= 4 is 35.1 Å². The largest absolute Gasteiger partial charge is 0.321 e. The van der Waals surface area contributed by atoms with Gasteiger partial charge in [-0.1, -0.05) is 30.0 Å². The number of para-hydroxylation sites is 1. The molecule has 142 valence electrons. The van der Waals surface area contributed by atoms with Gasteiger partial charge in [-0.25, -0.2) is 0 Å². The summed E-state index contributed by atoms with van der Waals surface area (Å²) in [4.78, 5) is 22.9. The molecule has 0 aliphatic heterocycles. The maximum atomic E-state index is 12.3. The molecule has 0 saturated carbocycles. The third kappa shape index (κ3) is 6.03. The van der Waals surface area contributed by atoms with Crippen LogP contribution < -0.4 is 5.32 Å². The number of hydrogen-bond donors (Lipinski definition) is 1. The van der Waals surface area contributed by atoms with Crippen LogP contribution in [0.3, 0.4) is 0 Å². The Morgan fingerprint density at radius 1 is 1.21 bits per heavy atom. The van der Waals surface area contributed by atoms with Crippen molar-refractivity contribution < 1.29 is 18.5 Å². The van der Waals surface area contributed by atoms with Gasteiger partial charge in [0.25, 0.3) is 17.4 Å². The average molecular weight is 401 g/mol. The summed E-state index contributed by atoms with van der Waals surface area (Å²) in [5.74, 6) is -3.23. The highest BCUT2D eigenvalue weighted by atomic mass is 32.2. The maximum absolute atomic E-state index is 12.3.